The van der Waals surface area contributed by atoms with Crippen molar-refractivity contribution < 1.29 is 5.11 Å². The molecule has 0 spiro atoms. The molecule has 0 aliphatic rings. The number of phenolic OH excluding ortho intramolecular Hbond substituents is 1. The van der Waals surface area contributed by atoms with Crippen LogP contribution in [0.2, 0.25) is 0 Å². The van der Waals surface area contributed by atoms with E-state index in [1.807, 2.05) is 32.9 Å². The molecule has 0 bridgehead atoms. The average molecular weight is 194 g/mol. The predicted molar refractivity (Wildman–Crippen MR) is 62.9 cm³/mol. The lowest BCUT2D eigenvalue weighted by atomic mass is 10.0. The molecule has 0 saturated carbocycles. The summed E-state index contributed by atoms with van der Waals surface area (Å²) in [5.41, 5.74) is 2.23. The second-order valence-corrected chi connectivity index (χ2v) is 3.40. The normalized spacial score (nSPS) is 9.57. The molecule has 1 heteroatoms. The smallest absolute Gasteiger partial charge is 0.119 e. The Kier molecular flexibility index (Phi) is 6.02. The summed E-state index contributed by atoms with van der Waals surface area (Å²) in [6.07, 6.45) is 0.893. The van der Waals surface area contributed by atoms with Crippen LogP contribution in [0.5, 0.6) is 5.75 Å². The van der Waals surface area contributed by atoms with Gasteiger partial charge in [0.2, 0.25) is 0 Å². The zero-order valence-electron chi connectivity index (χ0n) is 9.96. The molecule has 0 aliphatic carbocycles. The number of hydrogen-bond acceptors (Lipinski definition) is 1. The van der Waals surface area contributed by atoms with E-state index < -0.39 is 0 Å². The summed E-state index contributed by atoms with van der Waals surface area (Å²) in [6.45, 7) is 10.3. The highest BCUT2D eigenvalue weighted by Gasteiger charge is 2.02. The summed E-state index contributed by atoms with van der Waals surface area (Å²) in [7, 11) is 0. The van der Waals surface area contributed by atoms with E-state index in [1.165, 1.54) is 5.56 Å². The van der Waals surface area contributed by atoms with Gasteiger partial charge in [-0.3, -0.25) is 0 Å². The van der Waals surface area contributed by atoms with Crippen LogP contribution in [-0.2, 0) is 6.42 Å². The quantitative estimate of drug-likeness (QED) is 0.751. The van der Waals surface area contributed by atoms with Gasteiger partial charge in [-0.1, -0.05) is 46.8 Å². The molecule has 1 rings (SSSR count). The SMILES string of the molecule is CC.CCc1ccc(C(C)C)cc1O. The maximum absolute atomic E-state index is 9.54. The molecule has 0 fully saturated rings. The first-order chi connectivity index (χ1) is 6.65. The highest BCUT2D eigenvalue weighted by Crippen LogP contribution is 2.23. The van der Waals surface area contributed by atoms with Crippen LogP contribution in [0.1, 0.15) is 51.7 Å². The van der Waals surface area contributed by atoms with Gasteiger partial charge in [0.1, 0.15) is 5.75 Å². The monoisotopic (exact) mass is 194 g/mol. The minimum atomic E-state index is 0.434. The summed E-state index contributed by atoms with van der Waals surface area (Å²) in [4.78, 5) is 0. The van der Waals surface area contributed by atoms with Gasteiger partial charge < -0.3 is 5.11 Å². The number of hydrogen-bond donors (Lipinski definition) is 1. The molecule has 14 heavy (non-hydrogen) atoms. The molecule has 1 aromatic rings. The van der Waals surface area contributed by atoms with Crippen LogP contribution in [0.15, 0.2) is 18.2 Å². The molecular weight excluding hydrogens is 172 g/mol. The first-order valence-corrected chi connectivity index (χ1v) is 5.47. The Bertz CT molecular complexity index is 264. The lowest BCUT2D eigenvalue weighted by Crippen LogP contribution is -1.89. The maximum atomic E-state index is 9.54. The maximum Gasteiger partial charge on any atom is 0.119 e. The van der Waals surface area contributed by atoms with Crippen LogP contribution < -0.4 is 0 Å². The van der Waals surface area contributed by atoms with Crippen molar-refractivity contribution in [3.8, 4) is 5.75 Å². The van der Waals surface area contributed by atoms with Gasteiger partial charge >= 0.3 is 0 Å². The van der Waals surface area contributed by atoms with E-state index >= 15 is 0 Å². The van der Waals surface area contributed by atoms with E-state index in [4.69, 9.17) is 0 Å². The topological polar surface area (TPSA) is 20.2 Å². The van der Waals surface area contributed by atoms with E-state index in [2.05, 4.69) is 19.9 Å². The Morgan fingerprint density at radius 1 is 1.21 bits per heavy atom. The van der Waals surface area contributed by atoms with Crippen molar-refractivity contribution in [2.24, 2.45) is 0 Å². The Hall–Kier alpha value is -0.980. The van der Waals surface area contributed by atoms with Gasteiger partial charge in [-0.25, -0.2) is 0 Å². The Morgan fingerprint density at radius 2 is 1.79 bits per heavy atom. The molecule has 0 aromatic heterocycles. The summed E-state index contributed by atoms with van der Waals surface area (Å²) in [5.74, 6) is 0.922. The molecule has 1 N–H and O–H groups in total. The lowest BCUT2D eigenvalue weighted by Gasteiger charge is -2.07. The van der Waals surface area contributed by atoms with Gasteiger partial charge in [0.25, 0.3) is 0 Å². The third kappa shape index (κ3) is 3.41. The van der Waals surface area contributed by atoms with E-state index in [-0.39, 0.29) is 0 Å². The van der Waals surface area contributed by atoms with Crippen molar-refractivity contribution in [2.75, 3.05) is 0 Å². The molecular formula is C13H22O. The van der Waals surface area contributed by atoms with Gasteiger partial charge in [0, 0.05) is 0 Å². The molecule has 1 nitrogen and oxygen atoms in total. The number of aromatic hydroxyl groups is 1. The third-order valence-corrected chi connectivity index (χ3v) is 2.16. The number of aryl methyl sites for hydroxylation is 1. The second-order valence-electron chi connectivity index (χ2n) is 3.40. The van der Waals surface area contributed by atoms with E-state index in [0.29, 0.717) is 11.7 Å². The summed E-state index contributed by atoms with van der Waals surface area (Å²) in [6, 6.07) is 5.96. The second kappa shape index (κ2) is 6.47. The van der Waals surface area contributed by atoms with Crippen molar-refractivity contribution >= 4 is 0 Å². The van der Waals surface area contributed by atoms with Crippen LogP contribution in [0, 0.1) is 0 Å². The summed E-state index contributed by atoms with van der Waals surface area (Å²) in [5, 5.41) is 9.54. The van der Waals surface area contributed by atoms with Gasteiger partial charge in [-0.05, 0) is 29.5 Å². The fourth-order valence-corrected chi connectivity index (χ4v) is 1.24. The van der Waals surface area contributed by atoms with Crippen molar-refractivity contribution in [1.82, 2.24) is 0 Å². The molecule has 0 aliphatic heterocycles. The highest BCUT2D eigenvalue weighted by atomic mass is 16.3. The molecule has 80 valence electrons. The Morgan fingerprint density at radius 3 is 2.14 bits per heavy atom. The standard InChI is InChI=1S/C11H16O.C2H6/c1-4-9-5-6-10(8(2)3)7-11(9)12;1-2/h5-8,12H,4H2,1-3H3;1-2H3. The highest BCUT2D eigenvalue weighted by molar-refractivity contribution is 5.37. The first kappa shape index (κ1) is 13.0. The van der Waals surface area contributed by atoms with Crippen LogP contribution in [0.3, 0.4) is 0 Å². The van der Waals surface area contributed by atoms with Crippen molar-refractivity contribution in [3.63, 3.8) is 0 Å². The molecule has 0 saturated heterocycles. The van der Waals surface area contributed by atoms with Crippen LogP contribution >= 0.6 is 0 Å². The fourth-order valence-electron chi connectivity index (χ4n) is 1.24. The van der Waals surface area contributed by atoms with Crippen LogP contribution in [-0.4, -0.2) is 5.11 Å². The van der Waals surface area contributed by atoms with Crippen molar-refractivity contribution in [2.45, 2.75) is 47.0 Å². The fraction of sp³-hybridized carbons (Fsp3) is 0.538. The van der Waals surface area contributed by atoms with Crippen molar-refractivity contribution in [1.29, 1.82) is 0 Å². The third-order valence-electron chi connectivity index (χ3n) is 2.16. The molecule has 0 radical (unpaired) electrons. The summed E-state index contributed by atoms with van der Waals surface area (Å²) < 4.78 is 0. The van der Waals surface area contributed by atoms with Gasteiger partial charge in [-0.2, -0.15) is 0 Å². The van der Waals surface area contributed by atoms with Gasteiger partial charge in [0.15, 0.2) is 0 Å². The Balaban J connectivity index is 0.000000791. The van der Waals surface area contributed by atoms with Crippen LogP contribution in [0.4, 0.5) is 0 Å². The zero-order chi connectivity index (χ0) is 11.1. The largest absolute Gasteiger partial charge is 0.508 e. The minimum absolute atomic E-state index is 0.434. The number of benzene rings is 1. The molecule has 0 heterocycles. The first-order valence-electron chi connectivity index (χ1n) is 5.47. The minimum Gasteiger partial charge on any atom is -0.508 e. The van der Waals surface area contributed by atoms with Gasteiger partial charge in [-0.15, -0.1) is 0 Å². The average Bonchev–Trinajstić information content (AvgIpc) is 2.20. The molecule has 0 atom stereocenters. The number of phenols is 1. The molecule has 0 unspecified atom stereocenters. The molecule has 0 amide bonds. The van der Waals surface area contributed by atoms with Crippen molar-refractivity contribution in [3.05, 3.63) is 29.3 Å². The predicted octanol–water partition coefficient (Wildman–Crippen LogP) is 4.10. The van der Waals surface area contributed by atoms with E-state index in [9.17, 15) is 5.11 Å². The van der Waals surface area contributed by atoms with E-state index in [0.717, 1.165) is 12.0 Å². The van der Waals surface area contributed by atoms with Crippen LogP contribution in [0.25, 0.3) is 0 Å². The number of rotatable bonds is 2. The Labute approximate surface area is 87.8 Å². The zero-order valence-corrected chi connectivity index (χ0v) is 9.96. The summed E-state index contributed by atoms with van der Waals surface area (Å²) >= 11 is 0. The van der Waals surface area contributed by atoms with Gasteiger partial charge in [0.05, 0.1) is 0 Å². The van der Waals surface area contributed by atoms with E-state index in [1.54, 1.807) is 0 Å². The molecule has 1 aromatic carbocycles. The lowest BCUT2D eigenvalue weighted by molar-refractivity contribution is 0.467.